The zero-order valence-corrected chi connectivity index (χ0v) is 20.6. The molecular formula is C29H32N2O3. The van der Waals surface area contributed by atoms with E-state index in [1.54, 1.807) is 20.8 Å². The van der Waals surface area contributed by atoms with E-state index in [1.165, 1.54) is 0 Å². The van der Waals surface area contributed by atoms with Crippen molar-refractivity contribution in [3.8, 4) is 0 Å². The molecule has 34 heavy (non-hydrogen) atoms. The van der Waals surface area contributed by atoms with Gasteiger partial charge in [-0.1, -0.05) is 57.2 Å². The van der Waals surface area contributed by atoms with E-state index in [4.69, 9.17) is 0 Å². The first kappa shape index (κ1) is 23.7. The molecule has 1 heterocycles. The van der Waals surface area contributed by atoms with Crippen molar-refractivity contribution in [3.63, 3.8) is 0 Å². The largest absolute Gasteiger partial charge is 0.320 e. The van der Waals surface area contributed by atoms with Gasteiger partial charge in [0.15, 0.2) is 0 Å². The van der Waals surface area contributed by atoms with Crippen LogP contribution < -0.4 is 4.90 Å². The van der Waals surface area contributed by atoms with Crippen molar-refractivity contribution in [3.05, 3.63) is 104 Å². The Balaban J connectivity index is 2.07. The molecule has 1 aliphatic heterocycles. The van der Waals surface area contributed by atoms with Crippen LogP contribution in [0.4, 0.5) is 5.69 Å². The third-order valence-electron chi connectivity index (χ3n) is 6.42. The molecule has 0 aromatic heterocycles. The Morgan fingerprint density at radius 1 is 0.971 bits per heavy atom. The van der Waals surface area contributed by atoms with Crippen LogP contribution in [0.15, 0.2) is 77.1 Å². The van der Waals surface area contributed by atoms with E-state index in [0.29, 0.717) is 5.57 Å². The van der Waals surface area contributed by atoms with Crippen LogP contribution in [0.1, 0.15) is 63.1 Å². The second kappa shape index (κ2) is 9.05. The molecule has 1 aliphatic carbocycles. The number of nitro groups is 1. The summed E-state index contributed by atoms with van der Waals surface area (Å²) in [6, 6.07) is 16.4. The van der Waals surface area contributed by atoms with Gasteiger partial charge in [-0.3, -0.25) is 14.9 Å². The van der Waals surface area contributed by atoms with Crippen molar-refractivity contribution in [1.29, 1.82) is 0 Å². The summed E-state index contributed by atoms with van der Waals surface area (Å²) in [5.41, 5.74) is 6.51. The van der Waals surface area contributed by atoms with Crippen LogP contribution in [-0.2, 0) is 4.79 Å². The van der Waals surface area contributed by atoms with E-state index in [0.717, 1.165) is 65.0 Å². The molecule has 0 fully saturated rings. The molecular weight excluding hydrogens is 424 g/mol. The summed E-state index contributed by atoms with van der Waals surface area (Å²) in [5, 5.41) is 12.3. The highest BCUT2D eigenvalue weighted by Crippen LogP contribution is 2.45. The first-order chi connectivity index (χ1) is 16.1. The normalized spacial score (nSPS) is 17.8. The van der Waals surface area contributed by atoms with Crippen molar-refractivity contribution in [2.24, 2.45) is 5.41 Å². The van der Waals surface area contributed by atoms with Gasteiger partial charge in [0, 0.05) is 16.8 Å². The number of carbonyl (C=O) groups excluding carboxylic acids is 1. The van der Waals surface area contributed by atoms with Crippen molar-refractivity contribution in [2.75, 3.05) is 4.90 Å². The molecule has 4 rings (SSSR count). The van der Waals surface area contributed by atoms with Crippen LogP contribution in [0.3, 0.4) is 0 Å². The van der Waals surface area contributed by atoms with E-state index in [1.807, 2.05) is 36.4 Å². The van der Waals surface area contributed by atoms with Gasteiger partial charge in [0.25, 0.3) is 0 Å². The van der Waals surface area contributed by atoms with Crippen molar-refractivity contribution >= 4 is 17.2 Å². The van der Waals surface area contributed by atoms with Crippen LogP contribution in [0, 0.1) is 29.4 Å². The van der Waals surface area contributed by atoms with Gasteiger partial charge in [0.2, 0.25) is 5.78 Å². The van der Waals surface area contributed by atoms with E-state index in [2.05, 4.69) is 36.9 Å². The number of allylic oxidation sites excluding steroid dienone is 5. The molecule has 5 heteroatoms. The Hall–Kier alpha value is -3.47. The van der Waals surface area contributed by atoms with Gasteiger partial charge in [-0.2, -0.15) is 0 Å². The molecule has 0 atom stereocenters. The van der Waals surface area contributed by atoms with Gasteiger partial charge in [0.05, 0.1) is 16.2 Å². The summed E-state index contributed by atoms with van der Waals surface area (Å²) >= 11 is 0. The topological polar surface area (TPSA) is 63.5 Å². The number of hydrogen-bond donors (Lipinski definition) is 0. The molecule has 0 spiro atoms. The average molecular weight is 457 g/mol. The number of anilines is 1. The zero-order valence-electron chi connectivity index (χ0n) is 20.6. The van der Waals surface area contributed by atoms with Gasteiger partial charge >= 0.3 is 5.70 Å². The van der Waals surface area contributed by atoms with Gasteiger partial charge in [0.1, 0.15) is 0 Å². The summed E-state index contributed by atoms with van der Waals surface area (Å²) in [6.07, 6.45) is 5.37. The maximum atomic E-state index is 13.3. The Morgan fingerprint density at radius 2 is 1.59 bits per heavy atom. The molecule has 0 unspecified atom stereocenters. The minimum Gasteiger partial charge on any atom is -0.313 e. The molecule has 0 saturated heterocycles. The summed E-state index contributed by atoms with van der Waals surface area (Å²) in [4.78, 5) is 27.4. The molecule has 0 radical (unpaired) electrons. The number of benzene rings is 2. The molecule has 2 aromatic carbocycles. The lowest BCUT2D eigenvalue weighted by Gasteiger charge is -2.38. The van der Waals surface area contributed by atoms with E-state index < -0.39 is 16.1 Å². The first-order valence-corrected chi connectivity index (χ1v) is 11.9. The summed E-state index contributed by atoms with van der Waals surface area (Å²) < 4.78 is 0. The lowest BCUT2D eigenvalue weighted by Crippen LogP contribution is -2.31. The van der Waals surface area contributed by atoms with E-state index in [-0.39, 0.29) is 5.70 Å². The lowest BCUT2D eigenvalue weighted by atomic mass is 9.81. The Labute approximate surface area is 201 Å². The highest BCUT2D eigenvalue weighted by atomic mass is 16.6. The van der Waals surface area contributed by atoms with Gasteiger partial charge < -0.3 is 4.90 Å². The lowest BCUT2D eigenvalue weighted by molar-refractivity contribution is -0.420. The Morgan fingerprint density at radius 3 is 2.18 bits per heavy atom. The smallest absolute Gasteiger partial charge is 0.313 e. The molecule has 2 aliphatic rings. The molecule has 176 valence electrons. The number of aryl methyl sites for hydroxylation is 2. The molecule has 0 saturated carbocycles. The number of carbonyl (C=O) groups is 1. The number of Topliss-reactive ketones (excluding diaryl/α,β-unsaturated/α-hetero) is 1. The second-order valence-electron chi connectivity index (χ2n) is 10.3. The molecule has 0 amide bonds. The summed E-state index contributed by atoms with van der Waals surface area (Å²) in [6.45, 7) is 9.38. The number of hydrogen-bond acceptors (Lipinski definition) is 4. The minimum absolute atomic E-state index is 0.296. The van der Waals surface area contributed by atoms with Crippen molar-refractivity contribution < 1.29 is 9.72 Å². The fourth-order valence-corrected chi connectivity index (χ4v) is 4.93. The zero-order chi connectivity index (χ0) is 24.6. The Bertz CT molecular complexity index is 1220. The fourth-order valence-electron chi connectivity index (χ4n) is 4.93. The van der Waals surface area contributed by atoms with Crippen molar-refractivity contribution in [1.82, 2.24) is 0 Å². The standard InChI is InChI=1S/C29H32N2O3/c1-19-15-20(2)17-22(16-19)30-25-14-10-9-13-23(25)24(18-26(30)21-11-7-6-8-12-21)27(31(33)34)28(32)29(3,4)5/h6-8,11-12,15-18H,9-10,13-14H2,1-5H3/b27-24+. The monoisotopic (exact) mass is 456 g/mol. The average Bonchev–Trinajstić information content (AvgIpc) is 2.78. The predicted octanol–water partition coefficient (Wildman–Crippen LogP) is 7.14. The SMILES string of the molecule is Cc1cc(C)cc(N2C(c3ccccc3)=C/C(=C(/C(=O)C(C)(C)C)[N+](=O)[O-])C3=C2CCCC3)c1. The fraction of sp³-hybridized carbons (Fsp3) is 0.345. The highest BCUT2D eigenvalue weighted by molar-refractivity contribution is 6.00. The second-order valence-corrected chi connectivity index (χ2v) is 10.3. The number of ketones is 1. The quantitative estimate of drug-likeness (QED) is 0.279. The molecule has 0 bridgehead atoms. The van der Waals surface area contributed by atoms with E-state index >= 15 is 0 Å². The van der Waals surface area contributed by atoms with Crippen LogP contribution in [0.5, 0.6) is 0 Å². The minimum atomic E-state index is -0.851. The van der Waals surface area contributed by atoms with Gasteiger partial charge in [-0.05, 0) is 80.0 Å². The molecule has 5 nitrogen and oxygen atoms in total. The maximum absolute atomic E-state index is 13.3. The van der Waals surface area contributed by atoms with E-state index in [9.17, 15) is 14.9 Å². The van der Waals surface area contributed by atoms with Gasteiger partial charge in [-0.25, -0.2) is 0 Å². The highest BCUT2D eigenvalue weighted by Gasteiger charge is 2.40. The van der Waals surface area contributed by atoms with Crippen LogP contribution in [-0.4, -0.2) is 10.7 Å². The Kier molecular flexibility index (Phi) is 6.30. The van der Waals surface area contributed by atoms with Crippen LogP contribution in [0.2, 0.25) is 0 Å². The van der Waals surface area contributed by atoms with Crippen molar-refractivity contribution in [2.45, 2.75) is 60.3 Å². The third kappa shape index (κ3) is 4.47. The predicted molar refractivity (Wildman–Crippen MR) is 137 cm³/mol. The molecule has 2 aromatic rings. The maximum Gasteiger partial charge on any atom is 0.320 e. The third-order valence-corrected chi connectivity index (χ3v) is 6.42. The first-order valence-electron chi connectivity index (χ1n) is 11.9. The summed E-state index contributed by atoms with van der Waals surface area (Å²) in [5.74, 6) is -0.437. The molecule has 0 N–H and O–H groups in total. The number of nitrogens with zero attached hydrogens (tertiary/aromatic N) is 2. The van der Waals surface area contributed by atoms with Crippen LogP contribution in [0.25, 0.3) is 5.70 Å². The summed E-state index contributed by atoms with van der Waals surface area (Å²) in [7, 11) is 0. The van der Waals surface area contributed by atoms with Gasteiger partial charge in [-0.15, -0.1) is 0 Å². The van der Waals surface area contributed by atoms with Crippen LogP contribution >= 0.6 is 0 Å². The number of rotatable bonds is 4.